The van der Waals surface area contributed by atoms with Crippen molar-refractivity contribution in [1.29, 1.82) is 0 Å². The highest BCUT2D eigenvalue weighted by molar-refractivity contribution is 5.77. The predicted octanol–water partition coefficient (Wildman–Crippen LogP) is 4.08. The van der Waals surface area contributed by atoms with Crippen molar-refractivity contribution in [3.05, 3.63) is 59.7 Å². The van der Waals surface area contributed by atoms with Crippen LogP contribution in [0.3, 0.4) is 0 Å². The molecule has 134 valence electrons. The van der Waals surface area contributed by atoms with E-state index in [0.717, 1.165) is 11.3 Å². The summed E-state index contributed by atoms with van der Waals surface area (Å²) in [5.41, 5.74) is 2.29. The second kappa shape index (κ2) is 8.56. The SMILES string of the molecule is CCOc1ccccc1CNC(=O)COc1ccc(C(C)(C)C)cc1. The van der Waals surface area contributed by atoms with E-state index >= 15 is 0 Å². The van der Waals surface area contributed by atoms with Crippen molar-refractivity contribution in [3.8, 4) is 11.5 Å². The molecule has 0 atom stereocenters. The third-order valence-electron chi connectivity index (χ3n) is 3.84. The zero-order chi connectivity index (χ0) is 18.3. The average Bonchev–Trinajstić information content (AvgIpc) is 2.59. The minimum Gasteiger partial charge on any atom is -0.494 e. The Morgan fingerprint density at radius 1 is 1.00 bits per heavy atom. The minimum atomic E-state index is -0.161. The molecular weight excluding hydrogens is 314 g/mol. The molecule has 0 aliphatic rings. The summed E-state index contributed by atoms with van der Waals surface area (Å²) < 4.78 is 11.1. The molecule has 2 rings (SSSR count). The van der Waals surface area contributed by atoms with Crippen LogP contribution in [0.25, 0.3) is 0 Å². The fourth-order valence-corrected chi connectivity index (χ4v) is 2.39. The summed E-state index contributed by atoms with van der Waals surface area (Å²) >= 11 is 0. The second-order valence-corrected chi connectivity index (χ2v) is 6.88. The van der Waals surface area contributed by atoms with Crippen LogP contribution in [-0.4, -0.2) is 19.1 Å². The van der Waals surface area contributed by atoms with Gasteiger partial charge in [0.1, 0.15) is 11.5 Å². The Kier molecular flexibility index (Phi) is 6.45. The van der Waals surface area contributed by atoms with Gasteiger partial charge >= 0.3 is 0 Å². The number of ether oxygens (including phenoxy) is 2. The summed E-state index contributed by atoms with van der Waals surface area (Å²) in [5.74, 6) is 1.33. The van der Waals surface area contributed by atoms with Gasteiger partial charge in [0, 0.05) is 12.1 Å². The maximum absolute atomic E-state index is 12.0. The molecule has 2 aromatic rings. The van der Waals surface area contributed by atoms with Gasteiger partial charge < -0.3 is 14.8 Å². The van der Waals surface area contributed by atoms with Gasteiger partial charge in [-0.15, -0.1) is 0 Å². The van der Waals surface area contributed by atoms with Gasteiger partial charge in [-0.3, -0.25) is 4.79 Å². The molecule has 0 aliphatic carbocycles. The molecule has 4 heteroatoms. The number of benzene rings is 2. The van der Waals surface area contributed by atoms with Crippen LogP contribution < -0.4 is 14.8 Å². The standard InChI is InChI=1S/C21H27NO3/c1-5-24-19-9-7-6-8-16(19)14-22-20(23)15-25-18-12-10-17(11-13-18)21(2,3)4/h6-13H,5,14-15H2,1-4H3,(H,22,23). The van der Waals surface area contributed by atoms with Crippen LogP contribution in [0.1, 0.15) is 38.8 Å². The van der Waals surface area contributed by atoms with Crippen molar-refractivity contribution >= 4 is 5.91 Å². The van der Waals surface area contributed by atoms with E-state index in [1.807, 2.05) is 55.5 Å². The van der Waals surface area contributed by atoms with Gasteiger partial charge in [-0.2, -0.15) is 0 Å². The van der Waals surface area contributed by atoms with Crippen LogP contribution in [0.4, 0.5) is 0 Å². The molecule has 2 aromatic carbocycles. The Balaban J connectivity index is 1.83. The third kappa shape index (κ3) is 5.82. The van der Waals surface area contributed by atoms with E-state index in [2.05, 4.69) is 26.1 Å². The summed E-state index contributed by atoms with van der Waals surface area (Å²) in [6.07, 6.45) is 0. The molecule has 0 saturated carbocycles. The fraction of sp³-hybridized carbons (Fsp3) is 0.381. The molecule has 1 amide bonds. The number of hydrogen-bond donors (Lipinski definition) is 1. The smallest absolute Gasteiger partial charge is 0.258 e. The van der Waals surface area contributed by atoms with Crippen molar-refractivity contribution in [3.63, 3.8) is 0 Å². The number of carbonyl (C=O) groups excluding carboxylic acids is 1. The topological polar surface area (TPSA) is 47.6 Å². The lowest BCUT2D eigenvalue weighted by Gasteiger charge is -2.19. The molecule has 0 saturated heterocycles. The first-order valence-corrected chi connectivity index (χ1v) is 8.61. The van der Waals surface area contributed by atoms with Gasteiger partial charge in [0.05, 0.1) is 6.61 Å². The van der Waals surface area contributed by atoms with Gasteiger partial charge in [0.2, 0.25) is 0 Å². The fourth-order valence-electron chi connectivity index (χ4n) is 2.39. The van der Waals surface area contributed by atoms with E-state index in [0.29, 0.717) is 18.9 Å². The Labute approximate surface area is 150 Å². The Hall–Kier alpha value is -2.49. The van der Waals surface area contributed by atoms with Gasteiger partial charge in [0.15, 0.2) is 6.61 Å². The lowest BCUT2D eigenvalue weighted by molar-refractivity contribution is -0.123. The monoisotopic (exact) mass is 341 g/mol. The van der Waals surface area contributed by atoms with E-state index in [1.165, 1.54) is 5.56 Å². The predicted molar refractivity (Wildman–Crippen MR) is 100 cm³/mol. The molecule has 0 fully saturated rings. The lowest BCUT2D eigenvalue weighted by atomic mass is 9.87. The molecule has 0 spiro atoms. The molecule has 0 heterocycles. The molecular formula is C21H27NO3. The lowest BCUT2D eigenvalue weighted by Crippen LogP contribution is -2.28. The molecule has 0 bridgehead atoms. The molecule has 0 aromatic heterocycles. The Morgan fingerprint density at radius 3 is 2.32 bits per heavy atom. The minimum absolute atomic E-state index is 0.00827. The largest absolute Gasteiger partial charge is 0.494 e. The first kappa shape index (κ1) is 18.8. The Morgan fingerprint density at radius 2 is 1.68 bits per heavy atom. The highest BCUT2D eigenvalue weighted by atomic mass is 16.5. The van der Waals surface area contributed by atoms with Crippen LogP contribution in [0.5, 0.6) is 11.5 Å². The highest BCUT2D eigenvalue weighted by Gasteiger charge is 2.13. The van der Waals surface area contributed by atoms with Crippen molar-refractivity contribution in [2.75, 3.05) is 13.2 Å². The molecule has 0 aliphatic heterocycles. The molecule has 4 nitrogen and oxygen atoms in total. The van der Waals surface area contributed by atoms with Gasteiger partial charge in [-0.05, 0) is 36.1 Å². The zero-order valence-corrected chi connectivity index (χ0v) is 15.5. The van der Waals surface area contributed by atoms with E-state index in [1.54, 1.807) is 0 Å². The first-order chi connectivity index (χ1) is 11.9. The summed E-state index contributed by atoms with van der Waals surface area (Å²) in [6.45, 7) is 9.43. The number of carbonyl (C=O) groups is 1. The maximum atomic E-state index is 12.0. The summed E-state index contributed by atoms with van der Waals surface area (Å²) in [5, 5.41) is 2.86. The van der Waals surface area contributed by atoms with Gasteiger partial charge in [-0.1, -0.05) is 51.1 Å². The van der Waals surface area contributed by atoms with E-state index < -0.39 is 0 Å². The maximum Gasteiger partial charge on any atom is 0.258 e. The van der Waals surface area contributed by atoms with Crippen molar-refractivity contribution in [1.82, 2.24) is 5.32 Å². The van der Waals surface area contributed by atoms with E-state index in [-0.39, 0.29) is 17.9 Å². The third-order valence-corrected chi connectivity index (χ3v) is 3.84. The number of rotatable bonds is 7. The molecule has 0 unspecified atom stereocenters. The highest BCUT2D eigenvalue weighted by Crippen LogP contribution is 2.24. The number of hydrogen-bond acceptors (Lipinski definition) is 3. The van der Waals surface area contributed by atoms with Gasteiger partial charge in [-0.25, -0.2) is 0 Å². The van der Waals surface area contributed by atoms with Crippen molar-refractivity contribution < 1.29 is 14.3 Å². The Bertz CT molecular complexity index is 687. The average molecular weight is 341 g/mol. The van der Waals surface area contributed by atoms with E-state index in [4.69, 9.17) is 9.47 Å². The van der Waals surface area contributed by atoms with Crippen molar-refractivity contribution in [2.45, 2.75) is 39.7 Å². The van der Waals surface area contributed by atoms with Crippen LogP contribution in [-0.2, 0) is 16.8 Å². The summed E-state index contributed by atoms with van der Waals surface area (Å²) in [7, 11) is 0. The first-order valence-electron chi connectivity index (χ1n) is 8.61. The number of amides is 1. The normalized spacial score (nSPS) is 11.0. The van der Waals surface area contributed by atoms with E-state index in [9.17, 15) is 4.79 Å². The van der Waals surface area contributed by atoms with Gasteiger partial charge in [0.25, 0.3) is 5.91 Å². The second-order valence-electron chi connectivity index (χ2n) is 6.88. The molecule has 25 heavy (non-hydrogen) atoms. The van der Waals surface area contributed by atoms with Crippen LogP contribution in [0.15, 0.2) is 48.5 Å². The number of para-hydroxylation sites is 1. The summed E-state index contributed by atoms with van der Waals surface area (Å²) in [4.78, 5) is 12.0. The molecule has 0 radical (unpaired) electrons. The van der Waals surface area contributed by atoms with Crippen molar-refractivity contribution in [2.24, 2.45) is 0 Å². The zero-order valence-electron chi connectivity index (χ0n) is 15.5. The summed E-state index contributed by atoms with van der Waals surface area (Å²) in [6, 6.07) is 15.6. The molecule has 1 N–H and O–H groups in total. The van der Waals surface area contributed by atoms with Crippen LogP contribution in [0.2, 0.25) is 0 Å². The van der Waals surface area contributed by atoms with Crippen LogP contribution >= 0.6 is 0 Å². The quantitative estimate of drug-likeness (QED) is 0.825. The van der Waals surface area contributed by atoms with Crippen LogP contribution in [0, 0.1) is 0 Å². The number of nitrogens with one attached hydrogen (secondary N) is 1.